The Morgan fingerprint density at radius 1 is 1.14 bits per heavy atom. The summed E-state index contributed by atoms with van der Waals surface area (Å²) in [6.45, 7) is 6.14. The van der Waals surface area contributed by atoms with E-state index >= 15 is 0 Å². The number of hydrogen-bond donors (Lipinski definition) is 1. The number of fused-ring (bicyclic) bond motifs is 1. The molecule has 0 unspecified atom stereocenters. The standard InChI is InChI=1S/C17H24N4/c1-3-18-17-19-15-12-8-7-11-14(15)16(20-17)21(4-2)13-9-5-6-10-13/h7-8,11-13H,3-6,9-10H2,1-2H3,(H,18,19,20). The number of anilines is 2. The molecule has 1 heterocycles. The molecule has 0 spiro atoms. The van der Waals surface area contributed by atoms with Gasteiger partial charge in [0.15, 0.2) is 0 Å². The molecule has 3 rings (SSSR count). The van der Waals surface area contributed by atoms with Crippen LogP contribution in [0.3, 0.4) is 0 Å². The van der Waals surface area contributed by atoms with Crippen molar-refractivity contribution in [3.8, 4) is 0 Å². The Kier molecular flexibility index (Phi) is 4.23. The zero-order valence-electron chi connectivity index (χ0n) is 13.0. The van der Waals surface area contributed by atoms with Crippen molar-refractivity contribution in [2.24, 2.45) is 0 Å². The van der Waals surface area contributed by atoms with Gasteiger partial charge in [-0.05, 0) is 38.8 Å². The SMILES string of the molecule is CCNc1nc(N(CC)C2CCCC2)c2ccccc2n1. The molecule has 1 aliphatic carbocycles. The molecular weight excluding hydrogens is 260 g/mol. The summed E-state index contributed by atoms with van der Waals surface area (Å²) in [6.07, 6.45) is 5.24. The molecule has 1 fully saturated rings. The van der Waals surface area contributed by atoms with Crippen LogP contribution in [-0.4, -0.2) is 29.1 Å². The number of nitrogens with zero attached hydrogens (tertiary/aromatic N) is 3. The molecule has 112 valence electrons. The van der Waals surface area contributed by atoms with Crippen LogP contribution in [0.15, 0.2) is 24.3 Å². The van der Waals surface area contributed by atoms with Gasteiger partial charge in [-0.3, -0.25) is 0 Å². The molecule has 4 nitrogen and oxygen atoms in total. The number of aromatic nitrogens is 2. The monoisotopic (exact) mass is 284 g/mol. The topological polar surface area (TPSA) is 41.1 Å². The molecule has 0 bridgehead atoms. The van der Waals surface area contributed by atoms with E-state index in [2.05, 4.69) is 47.2 Å². The van der Waals surface area contributed by atoms with Crippen molar-refractivity contribution in [3.63, 3.8) is 0 Å². The van der Waals surface area contributed by atoms with Gasteiger partial charge in [-0.15, -0.1) is 0 Å². The molecule has 0 amide bonds. The fourth-order valence-corrected chi connectivity index (χ4v) is 3.31. The van der Waals surface area contributed by atoms with Crippen molar-refractivity contribution in [2.45, 2.75) is 45.6 Å². The average Bonchev–Trinajstić information content (AvgIpc) is 3.02. The Morgan fingerprint density at radius 2 is 1.90 bits per heavy atom. The van der Waals surface area contributed by atoms with Gasteiger partial charge in [-0.1, -0.05) is 25.0 Å². The van der Waals surface area contributed by atoms with E-state index in [0.29, 0.717) is 6.04 Å². The lowest BCUT2D eigenvalue weighted by Gasteiger charge is -2.30. The Balaban J connectivity index is 2.09. The minimum absolute atomic E-state index is 0.628. The predicted octanol–water partition coefficient (Wildman–Crippen LogP) is 3.83. The molecule has 1 aliphatic rings. The lowest BCUT2D eigenvalue weighted by molar-refractivity contribution is 0.615. The summed E-state index contributed by atoms with van der Waals surface area (Å²) in [5, 5.41) is 4.42. The van der Waals surface area contributed by atoms with Crippen LogP contribution >= 0.6 is 0 Å². The summed E-state index contributed by atoms with van der Waals surface area (Å²) < 4.78 is 0. The van der Waals surface area contributed by atoms with Crippen LogP contribution in [0.2, 0.25) is 0 Å². The molecule has 21 heavy (non-hydrogen) atoms. The van der Waals surface area contributed by atoms with Crippen molar-refractivity contribution in [1.29, 1.82) is 0 Å². The maximum Gasteiger partial charge on any atom is 0.225 e. The molecule has 1 aromatic carbocycles. The van der Waals surface area contributed by atoms with Gasteiger partial charge in [0.05, 0.1) is 5.52 Å². The lowest BCUT2D eigenvalue weighted by Crippen LogP contribution is -2.34. The summed E-state index contributed by atoms with van der Waals surface area (Å²) in [6, 6.07) is 8.95. The van der Waals surface area contributed by atoms with Crippen LogP contribution < -0.4 is 10.2 Å². The number of benzene rings is 1. The highest BCUT2D eigenvalue weighted by atomic mass is 15.2. The van der Waals surface area contributed by atoms with Crippen LogP contribution in [0.25, 0.3) is 10.9 Å². The van der Waals surface area contributed by atoms with E-state index in [1.54, 1.807) is 0 Å². The molecule has 1 N–H and O–H groups in total. The largest absolute Gasteiger partial charge is 0.354 e. The third-order valence-corrected chi connectivity index (χ3v) is 4.30. The van der Waals surface area contributed by atoms with Crippen LogP contribution in [-0.2, 0) is 0 Å². The van der Waals surface area contributed by atoms with Crippen molar-refractivity contribution >= 4 is 22.7 Å². The number of hydrogen-bond acceptors (Lipinski definition) is 4. The Bertz CT molecular complexity index is 605. The summed E-state index contributed by atoms with van der Waals surface area (Å²) in [5.41, 5.74) is 1.02. The number of para-hydroxylation sites is 1. The van der Waals surface area contributed by atoms with Gasteiger partial charge >= 0.3 is 0 Å². The Hall–Kier alpha value is -1.84. The van der Waals surface area contributed by atoms with E-state index in [1.165, 1.54) is 25.7 Å². The molecule has 0 saturated heterocycles. The number of nitrogens with one attached hydrogen (secondary N) is 1. The van der Waals surface area contributed by atoms with Crippen molar-refractivity contribution in [2.75, 3.05) is 23.3 Å². The van der Waals surface area contributed by atoms with E-state index in [-0.39, 0.29) is 0 Å². The van der Waals surface area contributed by atoms with Gasteiger partial charge in [-0.25, -0.2) is 4.98 Å². The lowest BCUT2D eigenvalue weighted by atomic mass is 10.1. The quantitative estimate of drug-likeness (QED) is 0.906. The fraction of sp³-hybridized carbons (Fsp3) is 0.529. The van der Waals surface area contributed by atoms with E-state index in [4.69, 9.17) is 4.98 Å². The normalized spacial score (nSPS) is 15.5. The third-order valence-electron chi connectivity index (χ3n) is 4.30. The van der Waals surface area contributed by atoms with Crippen LogP contribution in [0.4, 0.5) is 11.8 Å². The van der Waals surface area contributed by atoms with Crippen molar-refractivity contribution in [1.82, 2.24) is 9.97 Å². The molecule has 4 heteroatoms. The Morgan fingerprint density at radius 3 is 2.62 bits per heavy atom. The third kappa shape index (κ3) is 2.80. The molecule has 0 radical (unpaired) electrons. The second kappa shape index (κ2) is 6.29. The Labute approximate surface area is 126 Å². The predicted molar refractivity (Wildman–Crippen MR) is 89.0 cm³/mol. The van der Waals surface area contributed by atoms with Crippen molar-refractivity contribution in [3.05, 3.63) is 24.3 Å². The van der Waals surface area contributed by atoms with Gasteiger partial charge in [0, 0.05) is 24.5 Å². The van der Waals surface area contributed by atoms with Gasteiger partial charge < -0.3 is 10.2 Å². The minimum Gasteiger partial charge on any atom is -0.354 e. The van der Waals surface area contributed by atoms with Gasteiger partial charge in [0.2, 0.25) is 5.95 Å². The second-order valence-electron chi connectivity index (χ2n) is 5.64. The highest BCUT2D eigenvalue weighted by Crippen LogP contribution is 2.31. The van der Waals surface area contributed by atoms with E-state index in [9.17, 15) is 0 Å². The summed E-state index contributed by atoms with van der Waals surface area (Å²) in [5.74, 6) is 1.83. The second-order valence-corrected chi connectivity index (χ2v) is 5.64. The van der Waals surface area contributed by atoms with E-state index < -0.39 is 0 Å². The summed E-state index contributed by atoms with van der Waals surface area (Å²) in [4.78, 5) is 11.9. The first kappa shape index (κ1) is 14.1. The maximum atomic E-state index is 4.81. The zero-order valence-corrected chi connectivity index (χ0v) is 13.0. The highest BCUT2D eigenvalue weighted by Gasteiger charge is 2.24. The molecular formula is C17H24N4. The van der Waals surface area contributed by atoms with Crippen LogP contribution in [0.5, 0.6) is 0 Å². The first-order valence-corrected chi connectivity index (χ1v) is 8.10. The maximum absolute atomic E-state index is 4.81. The van der Waals surface area contributed by atoms with Gasteiger partial charge in [0.1, 0.15) is 5.82 Å². The van der Waals surface area contributed by atoms with Gasteiger partial charge in [-0.2, -0.15) is 4.98 Å². The molecule has 1 saturated carbocycles. The summed E-state index contributed by atoms with van der Waals surface area (Å²) in [7, 11) is 0. The smallest absolute Gasteiger partial charge is 0.225 e. The first-order valence-electron chi connectivity index (χ1n) is 8.10. The molecule has 0 atom stereocenters. The summed E-state index contributed by atoms with van der Waals surface area (Å²) >= 11 is 0. The first-order chi connectivity index (χ1) is 10.3. The fourth-order valence-electron chi connectivity index (χ4n) is 3.31. The van der Waals surface area contributed by atoms with Crippen LogP contribution in [0.1, 0.15) is 39.5 Å². The molecule has 1 aromatic heterocycles. The molecule has 0 aliphatic heterocycles. The number of rotatable bonds is 5. The van der Waals surface area contributed by atoms with Crippen LogP contribution in [0, 0.1) is 0 Å². The van der Waals surface area contributed by atoms with Gasteiger partial charge in [0.25, 0.3) is 0 Å². The highest BCUT2D eigenvalue weighted by molar-refractivity contribution is 5.90. The van der Waals surface area contributed by atoms with E-state index in [0.717, 1.165) is 35.8 Å². The zero-order chi connectivity index (χ0) is 14.7. The minimum atomic E-state index is 0.628. The van der Waals surface area contributed by atoms with E-state index in [1.807, 2.05) is 6.07 Å². The average molecular weight is 284 g/mol. The van der Waals surface area contributed by atoms with Crippen molar-refractivity contribution < 1.29 is 0 Å². The molecule has 2 aromatic rings.